The smallest absolute Gasteiger partial charge is 0.310 e. The molecule has 0 heterocycles. The minimum Gasteiger partial charge on any atom is -0.479 e. The number of aryl methyl sites for hydroxylation is 1. The number of nitrogens with zero attached hydrogens (tertiary/aromatic N) is 2. The summed E-state index contributed by atoms with van der Waals surface area (Å²) in [5.74, 6) is 0.335. The van der Waals surface area contributed by atoms with Crippen molar-refractivity contribution in [2.45, 2.75) is 31.4 Å². The molecule has 1 aliphatic rings. The average Bonchev–Trinajstić information content (AvgIpc) is 2.75. The predicted octanol–water partition coefficient (Wildman–Crippen LogP) is 3.98. The molecule has 0 unspecified atom stereocenters. The second kappa shape index (κ2) is 7.01. The van der Waals surface area contributed by atoms with Crippen LogP contribution in [0.2, 0.25) is 0 Å². The van der Waals surface area contributed by atoms with Crippen LogP contribution in [0.25, 0.3) is 0 Å². The Balaban J connectivity index is 1.96. The van der Waals surface area contributed by atoms with E-state index < -0.39 is 0 Å². The summed E-state index contributed by atoms with van der Waals surface area (Å²) in [4.78, 5) is 13.1. The van der Waals surface area contributed by atoms with E-state index in [1.54, 1.807) is 18.2 Å². The van der Waals surface area contributed by atoms with Gasteiger partial charge in [0.25, 0.3) is 0 Å². The Morgan fingerprint density at radius 3 is 2.58 bits per heavy atom. The summed E-state index contributed by atoms with van der Waals surface area (Å²) in [5, 5.41) is 11.3. The van der Waals surface area contributed by atoms with E-state index in [4.69, 9.17) is 4.74 Å². The first kappa shape index (κ1) is 16.5. The van der Waals surface area contributed by atoms with Gasteiger partial charge in [0.1, 0.15) is 6.10 Å². The van der Waals surface area contributed by atoms with E-state index in [-0.39, 0.29) is 16.7 Å². The minimum atomic E-state index is -0.388. The molecule has 0 spiro atoms. The number of nitro groups is 1. The highest BCUT2D eigenvalue weighted by Gasteiger charge is 2.28. The van der Waals surface area contributed by atoms with Gasteiger partial charge in [0.15, 0.2) is 5.75 Å². The Hall–Kier alpha value is -2.40. The summed E-state index contributed by atoms with van der Waals surface area (Å²) in [5.41, 5.74) is 2.42. The fourth-order valence-corrected chi connectivity index (χ4v) is 3.33. The lowest BCUT2D eigenvalue weighted by Crippen LogP contribution is -2.30. The summed E-state index contributed by atoms with van der Waals surface area (Å²) in [6.45, 7) is 0. The molecule has 2 aromatic rings. The predicted molar refractivity (Wildman–Crippen MR) is 93.3 cm³/mol. The Labute approximate surface area is 142 Å². The Morgan fingerprint density at radius 2 is 1.83 bits per heavy atom. The number of fused-ring (bicyclic) bond motifs is 1. The van der Waals surface area contributed by atoms with Crippen molar-refractivity contribution in [1.29, 1.82) is 0 Å². The number of hydrogen-bond donors (Lipinski definition) is 0. The van der Waals surface area contributed by atoms with Gasteiger partial charge >= 0.3 is 5.69 Å². The third-order valence-corrected chi connectivity index (χ3v) is 4.70. The van der Waals surface area contributed by atoms with Crippen molar-refractivity contribution in [3.63, 3.8) is 0 Å². The van der Waals surface area contributed by atoms with Crippen molar-refractivity contribution in [2.24, 2.45) is 0 Å². The van der Waals surface area contributed by atoms with Gasteiger partial charge < -0.3 is 9.64 Å². The van der Waals surface area contributed by atoms with Gasteiger partial charge in [-0.3, -0.25) is 10.1 Å². The lowest BCUT2D eigenvalue weighted by molar-refractivity contribution is -0.386. The molecule has 0 aromatic heterocycles. The number of nitro benzene ring substituents is 1. The normalized spacial score (nSPS) is 20.3. The van der Waals surface area contributed by atoms with Crippen LogP contribution in [0, 0.1) is 10.1 Å². The maximum atomic E-state index is 11.3. The largest absolute Gasteiger partial charge is 0.479 e. The molecule has 0 N–H and O–H groups in total. The van der Waals surface area contributed by atoms with Crippen LogP contribution in [0.3, 0.4) is 0 Å². The Morgan fingerprint density at radius 1 is 1.12 bits per heavy atom. The fraction of sp³-hybridized carbons (Fsp3) is 0.368. The first-order valence-electron chi connectivity index (χ1n) is 8.20. The zero-order valence-corrected chi connectivity index (χ0v) is 14.0. The lowest BCUT2D eigenvalue weighted by atomic mass is 10.0. The van der Waals surface area contributed by atoms with Crippen molar-refractivity contribution in [1.82, 2.24) is 4.90 Å². The summed E-state index contributed by atoms with van der Waals surface area (Å²) >= 11 is 0. The van der Waals surface area contributed by atoms with Gasteiger partial charge in [0, 0.05) is 18.5 Å². The second-order valence-corrected chi connectivity index (χ2v) is 6.42. The molecular weight excluding hydrogens is 304 g/mol. The van der Waals surface area contributed by atoms with E-state index in [0.717, 1.165) is 24.8 Å². The Bertz CT molecular complexity index is 730. The maximum absolute atomic E-state index is 11.3. The number of rotatable bonds is 4. The first-order valence-corrected chi connectivity index (χ1v) is 8.20. The molecule has 0 radical (unpaired) electrons. The van der Waals surface area contributed by atoms with Crippen molar-refractivity contribution in [3.8, 4) is 5.75 Å². The van der Waals surface area contributed by atoms with Crippen molar-refractivity contribution in [2.75, 3.05) is 14.1 Å². The third kappa shape index (κ3) is 3.41. The zero-order valence-electron chi connectivity index (χ0n) is 14.0. The number of ether oxygens (including phenoxy) is 1. The van der Waals surface area contributed by atoms with Gasteiger partial charge in [0.05, 0.1) is 4.92 Å². The average molecular weight is 326 g/mol. The van der Waals surface area contributed by atoms with Crippen molar-refractivity contribution in [3.05, 3.63) is 69.8 Å². The third-order valence-electron chi connectivity index (χ3n) is 4.70. The molecule has 24 heavy (non-hydrogen) atoms. The van der Waals surface area contributed by atoms with Gasteiger partial charge in [0.2, 0.25) is 0 Å². The molecular formula is C19H22N2O3. The highest BCUT2D eigenvalue weighted by atomic mass is 16.6. The van der Waals surface area contributed by atoms with E-state index in [9.17, 15) is 10.1 Å². The number of benzene rings is 2. The van der Waals surface area contributed by atoms with Gasteiger partial charge in [-0.1, -0.05) is 36.4 Å². The van der Waals surface area contributed by atoms with E-state index in [0.29, 0.717) is 11.8 Å². The fourth-order valence-electron chi connectivity index (χ4n) is 3.33. The molecule has 126 valence electrons. The molecule has 0 fully saturated rings. The molecule has 0 aliphatic heterocycles. The topological polar surface area (TPSA) is 55.6 Å². The monoisotopic (exact) mass is 326 g/mol. The van der Waals surface area contributed by atoms with Gasteiger partial charge in [-0.25, -0.2) is 0 Å². The van der Waals surface area contributed by atoms with E-state index in [1.165, 1.54) is 11.6 Å². The van der Waals surface area contributed by atoms with Crippen LogP contribution in [-0.2, 0) is 6.42 Å². The molecule has 2 aromatic carbocycles. The molecule has 5 heteroatoms. The molecule has 0 saturated carbocycles. The van der Waals surface area contributed by atoms with Crippen molar-refractivity contribution >= 4 is 5.69 Å². The standard InChI is InChI=1S/C19H22N2O3/c1-20(2)15-12-11-14-7-3-4-8-16(14)19(13-15)24-18-10-6-5-9-17(18)21(22)23/h3-10,15,19H,11-13H2,1-2H3/t15-,19-/m0/s1. The van der Waals surface area contributed by atoms with Gasteiger partial charge in [-0.05, 0) is 44.1 Å². The molecule has 1 aliphatic carbocycles. The summed E-state index contributed by atoms with van der Waals surface area (Å²) < 4.78 is 6.17. The van der Waals surface area contributed by atoms with Crippen LogP contribution in [0.1, 0.15) is 30.1 Å². The number of para-hydroxylation sites is 2. The maximum Gasteiger partial charge on any atom is 0.310 e. The van der Waals surface area contributed by atoms with Crippen LogP contribution >= 0.6 is 0 Å². The van der Waals surface area contributed by atoms with Gasteiger partial charge in [-0.2, -0.15) is 0 Å². The molecule has 5 nitrogen and oxygen atoms in total. The van der Waals surface area contributed by atoms with E-state index in [1.807, 2.05) is 12.1 Å². The summed E-state index contributed by atoms with van der Waals surface area (Å²) in [7, 11) is 4.14. The van der Waals surface area contributed by atoms with E-state index >= 15 is 0 Å². The van der Waals surface area contributed by atoms with Crippen LogP contribution in [0.5, 0.6) is 5.75 Å². The Kier molecular flexibility index (Phi) is 4.81. The van der Waals surface area contributed by atoms with Crippen molar-refractivity contribution < 1.29 is 9.66 Å². The van der Waals surface area contributed by atoms with Crippen LogP contribution < -0.4 is 4.74 Å². The second-order valence-electron chi connectivity index (χ2n) is 6.42. The molecule has 3 rings (SSSR count). The lowest BCUT2D eigenvalue weighted by Gasteiger charge is -2.26. The highest BCUT2D eigenvalue weighted by Crippen LogP contribution is 2.37. The SMILES string of the molecule is CN(C)[C@H]1CCc2ccccc2[C@@H](Oc2ccccc2[N+](=O)[O-])C1. The van der Waals surface area contributed by atoms with E-state index in [2.05, 4.69) is 31.1 Å². The first-order chi connectivity index (χ1) is 11.6. The zero-order chi connectivity index (χ0) is 17.1. The van der Waals surface area contributed by atoms with Crippen LogP contribution in [-0.4, -0.2) is 30.0 Å². The minimum absolute atomic E-state index is 0.0145. The molecule has 2 atom stereocenters. The van der Waals surface area contributed by atoms with Crippen LogP contribution in [0.4, 0.5) is 5.69 Å². The summed E-state index contributed by atoms with van der Waals surface area (Å²) in [6.07, 6.45) is 2.68. The molecule has 0 amide bonds. The quantitative estimate of drug-likeness (QED) is 0.484. The highest BCUT2D eigenvalue weighted by molar-refractivity contribution is 5.46. The van der Waals surface area contributed by atoms with Crippen LogP contribution in [0.15, 0.2) is 48.5 Å². The number of hydrogen-bond acceptors (Lipinski definition) is 4. The molecule has 0 saturated heterocycles. The summed E-state index contributed by atoms with van der Waals surface area (Å²) in [6, 6.07) is 15.2. The molecule has 0 bridgehead atoms. The van der Waals surface area contributed by atoms with Gasteiger partial charge in [-0.15, -0.1) is 0 Å².